The van der Waals surface area contributed by atoms with Gasteiger partial charge in [-0.2, -0.15) is 0 Å². The molecule has 0 aliphatic heterocycles. The van der Waals surface area contributed by atoms with E-state index < -0.39 is 5.60 Å². The zero-order valence-electron chi connectivity index (χ0n) is 17.3. The fourth-order valence-electron chi connectivity index (χ4n) is 8.34. The molecule has 4 heteroatoms. The normalized spacial score (nSPS) is 52.0. The molecule has 154 valence electrons. The van der Waals surface area contributed by atoms with Crippen molar-refractivity contribution in [1.82, 2.24) is 0 Å². The van der Waals surface area contributed by atoms with Crippen molar-refractivity contribution in [3.05, 3.63) is 0 Å². The second-order valence-corrected chi connectivity index (χ2v) is 11.4. The summed E-state index contributed by atoms with van der Waals surface area (Å²) in [5.74, 6) is 3.61. The maximum atomic E-state index is 12.6. The number of ether oxygens (including phenoxy) is 1. The van der Waals surface area contributed by atoms with Crippen LogP contribution in [0.1, 0.15) is 71.6 Å². The van der Waals surface area contributed by atoms with E-state index in [1.165, 1.54) is 32.1 Å². The first-order chi connectivity index (χ1) is 12.8. The van der Waals surface area contributed by atoms with Gasteiger partial charge in [0.05, 0.1) is 17.5 Å². The summed E-state index contributed by atoms with van der Waals surface area (Å²) < 4.78 is 5.33. The number of hydrogen-bond donors (Lipinski definition) is 1. The molecule has 3 nitrogen and oxygen atoms in total. The second-order valence-electron chi connectivity index (χ2n) is 10.8. The highest BCUT2D eigenvalue weighted by molar-refractivity contribution is 9.09. The largest absolute Gasteiger partial charge is 0.387 e. The molecule has 4 aliphatic carbocycles. The first-order valence-electron chi connectivity index (χ1n) is 11.1. The molecule has 4 aliphatic rings. The number of rotatable bonds is 4. The molecule has 0 aromatic rings. The van der Waals surface area contributed by atoms with Crippen LogP contribution in [-0.2, 0) is 9.53 Å². The van der Waals surface area contributed by atoms with E-state index in [9.17, 15) is 9.90 Å². The van der Waals surface area contributed by atoms with E-state index in [1.807, 2.05) is 0 Å². The van der Waals surface area contributed by atoms with Gasteiger partial charge in [-0.05, 0) is 92.3 Å². The van der Waals surface area contributed by atoms with Crippen LogP contribution in [-0.4, -0.2) is 35.5 Å². The van der Waals surface area contributed by atoms with Crippen LogP contribution in [0.25, 0.3) is 0 Å². The average molecular weight is 441 g/mol. The lowest BCUT2D eigenvalue weighted by atomic mass is 9.44. The number of halogens is 1. The summed E-state index contributed by atoms with van der Waals surface area (Å²) in [6.45, 7) is 5.43. The number of alkyl halides is 1. The zero-order valence-corrected chi connectivity index (χ0v) is 18.9. The molecule has 1 N–H and O–H groups in total. The van der Waals surface area contributed by atoms with Gasteiger partial charge in [-0.15, -0.1) is 0 Å². The maximum absolute atomic E-state index is 12.6. The third-order valence-corrected chi connectivity index (χ3v) is 10.3. The third kappa shape index (κ3) is 3.08. The van der Waals surface area contributed by atoms with E-state index in [1.54, 1.807) is 7.11 Å². The molecule has 0 bridgehead atoms. The number of hydrogen-bond acceptors (Lipinski definition) is 3. The zero-order chi connectivity index (χ0) is 19.4. The summed E-state index contributed by atoms with van der Waals surface area (Å²) >= 11 is 3.43. The van der Waals surface area contributed by atoms with Crippen LogP contribution in [0.3, 0.4) is 0 Å². The lowest BCUT2D eigenvalue weighted by molar-refractivity contribution is -0.163. The van der Waals surface area contributed by atoms with Crippen molar-refractivity contribution < 1.29 is 14.6 Å². The first-order valence-corrected chi connectivity index (χ1v) is 12.2. The molecule has 8 atom stereocenters. The van der Waals surface area contributed by atoms with Crippen molar-refractivity contribution in [2.24, 2.45) is 40.4 Å². The number of aliphatic hydroxyl groups is 1. The number of carbonyl (C=O) groups is 1. The van der Waals surface area contributed by atoms with E-state index in [0.29, 0.717) is 29.1 Å². The van der Waals surface area contributed by atoms with Crippen molar-refractivity contribution in [2.75, 3.05) is 19.0 Å². The standard InChI is InChI=1S/C23H37BrO3/c1-21-10-11-23(26,14-27-3)12-15(21)4-5-16-17-6-7-19(20(25)13-24)22(17,2)9-8-18(16)21/h15-19,26H,4-14H2,1-3H3/t15-,16-,17-,18-,19+,21-,22-,23+/m0/s1. The Hall–Kier alpha value is 0.0700. The van der Waals surface area contributed by atoms with Crippen LogP contribution >= 0.6 is 15.9 Å². The fraction of sp³-hybridized carbons (Fsp3) is 0.957. The van der Waals surface area contributed by atoms with E-state index >= 15 is 0 Å². The lowest BCUT2D eigenvalue weighted by Gasteiger charge is -2.62. The molecule has 0 radical (unpaired) electrons. The SMILES string of the molecule is COC[C@@]1(O)CC[C@@]2(C)[C@@H](CC[C@@H]3[C@@H]2CC[C@]2(C)[C@@H](C(=O)CBr)CC[C@@H]32)C1. The Balaban J connectivity index is 1.55. The van der Waals surface area contributed by atoms with Crippen molar-refractivity contribution in [3.8, 4) is 0 Å². The highest BCUT2D eigenvalue weighted by Gasteiger charge is 2.61. The smallest absolute Gasteiger partial charge is 0.147 e. The lowest BCUT2D eigenvalue weighted by Crippen LogP contribution is -2.56. The van der Waals surface area contributed by atoms with Crippen molar-refractivity contribution in [3.63, 3.8) is 0 Å². The topological polar surface area (TPSA) is 46.5 Å². The Morgan fingerprint density at radius 2 is 1.78 bits per heavy atom. The van der Waals surface area contributed by atoms with Crippen LogP contribution in [0.2, 0.25) is 0 Å². The van der Waals surface area contributed by atoms with Gasteiger partial charge in [0, 0.05) is 13.0 Å². The minimum atomic E-state index is -0.615. The Kier molecular flexibility index (Phi) is 5.34. The molecule has 4 fully saturated rings. The Labute approximate surface area is 173 Å². The average Bonchev–Trinajstić information content (AvgIpc) is 2.99. The van der Waals surface area contributed by atoms with E-state index in [2.05, 4.69) is 29.8 Å². The molecular formula is C23H37BrO3. The molecule has 27 heavy (non-hydrogen) atoms. The summed E-state index contributed by atoms with van der Waals surface area (Å²) in [7, 11) is 1.70. The van der Waals surface area contributed by atoms with Gasteiger partial charge in [0.15, 0.2) is 0 Å². The van der Waals surface area contributed by atoms with Crippen LogP contribution in [0.5, 0.6) is 0 Å². The van der Waals surface area contributed by atoms with Crippen molar-refractivity contribution >= 4 is 21.7 Å². The van der Waals surface area contributed by atoms with Gasteiger partial charge in [-0.25, -0.2) is 0 Å². The predicted octanol–water partition coefficient (Wildman–Crippen LogP) is 4.99. The van der Waals surface area contributed by atoms with Gasteiger partial charge in [-0.3, -0.25) is 4.79 Å². The van der Waals surface area contributed by atoms with Crippen LogP contribution in [0, 0.1) is 40.4 Å². The van der Waals surface area contributed by atoms with Gasteiger partial charge >= 0.3 is 0 Å². The quantitative estimate of drug-likeness (QED) is 0.626. The van der Waals surface area contributed by atoms with Gasteiger partial charge in [0.25, 0.3) is 0 Å². The minimum Gasteiger partial charge on any atom is -0.387 e. The minimum absolute atomic E-state index is 0.223. The fourth-order valence-corrected chi connectivity index (χ4v) is 8.74. The van der Waals surface area contributed by atoms with E-state index in [4.69, 9.17) is 4.74 Å². The van der Waals surface area contributed by atoms with Crippen LogP contribution in [0.15, 0.2) is 0 Å². The molecule has 0 aromatic heterocycles. The van der Waals surface area contributed by atoms with E-state index in [0.717, 1.165) is 43.4 Å². The Morgan fingerprint density at radius 3 is 2.48 bits per heavy atom. The Bertz CT molecular complexity index is 594. The van der Waals surface area contributed by atoms with Crippen molar-refractivity contribution in [1.29, 1.82) is 0 Å². The molecule has 0 aromatic carbocycles. The third-order valence-electron chi connectivity index (χ3n) is 9.75. The molecule has 0 unspecified atom stereocenters. The first kappa shape index (κ1) is 20.3. The van der Waals surface area contributed by atoms with Gasteiger partial charge in [-0.1, -0.05) is 29.8 Å². The number of fused-ring (bicyclic) bond motifs is 5. The molecule has 0 saturated heterocycles. The molecule has 0 spiro atoms. The summed E-state index contributed by atoms with van der Waals surface area (Å²) in [5, 5.41) is 11.5. The van der Waals surface area contributed by atoms with Gasteiger partial charge in [0.1, 0.15) is 5.78 Å². The summed E-state index contributed by atoms with van der Waals surface area (Å²) in [6, 6.07) is 0. The molecular weight excluding hydrogens is 404 g/mol. The molecule has 0 heterocycles. The predicted molar refractivity (Wildman–Crippen MR) is 111 cm³/mol. The molecule has 0 amide bonds. The summed E-state index contributed by atoms with van der Waals surface area (Å²) in [5.41, 5.74) is -0.0297. The maximum Gasteiger partial charge on any atom is 0.147 e. The number of Topliss-reactive ketones (excluding diaryl/α,β-unsaturated/α-hetero) is 1. The van der Waals surface area contributed by atoms with Crippen molar-refractivity contribution in [2.45, 2.75) is 77.2 Å². The van der Waals surface area contributed by atoms with Gasteiger partial charge < -0.3 is 9.84 Å². The number of methoxy groups -OCH3 is 1. The summed E-state index contributed by atoms with van der Waals surface area (Å²) in [6.07, 6.45) is 10.3. The highest BCUT2D eigenvalue weighted by atomic mass is 79.9. The highest BCUT2D eigenvalue weighted by Crippen LogP contribution is 2.68. The van der Waals surface area contributed by atoms with E-state index in [-0.39, 0.29) is 11.3 Å². The van der Waals surface area contributed by atoms with Crippen LogP contribution in [0.4, 0.5) is 0 Å². The van der Waals surface area contributed by atoms with Crippen LogP contribution < -0.4 is 0 Å². The molecule has 4 rings (SSSR count). The summed E-state index contributed by atoms with van der Waals surface area (Å²) in [4.78, 5) is 12.6. The Morgan fingerprint density at radius 1 is 1.04 bits per heavy atom. The number of ketones is 1. The molecule has 4 saturated carbocycles. The monoisotopic (exact) mass is 440 g/mol. The number of carbonyl (C=O) groups excluding carboxylic acids is 1. The van der Waals surface area contributed by atoms with Gasteiger partial charge in [0.2, 0.25) is 0 Å². The second kappa shape index (κ2) is 7.09.